The number of aliphatic carboxylic acids is 1. The minimum atomic E-state index is -3.29. The smallest absolute Gasteiger partial charge is 0.311 e. The molecule has 118 valence electrons. The lowest BCUT2D eigenvalue weighted by molar-refractivity contribution is -0.149. The summed E-state index contributed by atoms with van der Waals surface area (Å²) in [5.41, 5.74) is -0.806. The van der Waals surface area contributed by atoms with E-state index in [4.69, 9.17) is 0 Å². The van der Waals surface area contributed by atoms with E-state index < -0.39 is 21.4 Å². The molecule has 1 aliphatic carbocycles. The largest absolute Gasteiger partial charge is 0.481 e. The van der Waals surface area contributed by atoms with Gasteiger partial charge in [-0.25, -0.2) is 8.42 Å². The predicted molar refractivity (Wildman–Crippen MR) is 74.0 cm³/mol. The van der Waals surface area contributed by atoms with Gasteiger partial charge in [0.2, 0.25) is 15.9 Å². The molecule has 0 aromatic heterocycles. The molecule has 0 radical (unpaired) electrons. The van der Waals surface area contributed by atoms with E-state index in [1.807, 2.05) is 0 Å². The fourth-order valence-electron chi connectivity index (χ4n) is 3.95. The number of fused-ring (bicyclic) bond motifs is 1. The molecule has 1 N–H and O–H groups in total. The third kappa shape index (κ3) is 2.34. The van der Waals surface area contributed by atoms with Crippen molar-refractivity contribution in [3.05, 3.63) is 0 Å². The number of amides is 1. The maximum Gasteiger partial charge on any atom is 0.311 e. The van der Waals surface area contributed by atoms with Gasteiger partial charge >= 0.3 is 5.97 Å². The third-order valence-corrected chi connectivity index (χ3v) is 7.07. The highest BCUT2D eigenvalue weighted by molar-refractivity contribution is 7.89. The van der Waals surface area contributed by atoms with E-state index in [0.29, 0.717) is 25.9 Å². The van der Waals surface area contributed by atoms with Crippen LogP contribution in [0.15, 0.2) is 0 Å². The van der Waals surface area contributed by atoms with Gasteiger partial charge in [0, 0.05) is 19.6 Å². The molecule has 2 heterocycles. The van der Waals surface area contributed by atoms with Crippen LogP contribution in [0.25, 0.3) is 0 Å². The van der Waals surface area contributed by atoms with Crippen molar-refractivity contribution in [2.75, 3.05) is 31.9 Å². The molecule has 2 saturated heterocycles. The minimum Gasteiger partial charge on any atom is -0.481 e. The van der Waals surface area contributed by atoms with Gasteiger partial charge in [0.25, 0.3) is 0 Å². The van der Waals surface area contributed by atoms with Crippen molar-refractivity contribution in [2.45, 2.75) is 25.7 Å². The minimum absolute atomic E-state index is 0.00846. The summed E-state index contributed by atoms with van der Waals surface area (Å²) in [6.45, 7) is 0.902. The molecule has 0 spiro atoms. The first-order chi connectivity index (χ1) is 9.85. The number of hydrogen-bond acceptors (Lipinski definition) is 4. The molecule has 0 aromatic rings. The molecule has 0 unspecified atom stereocenters. The van der Waals surface area contributed by atoms with Crippen LogP contribution < -0.4 is 0 Å². The van der Waals surface area contributed by atoms with E-state index >= 15 is 0 Å². The zero-order chi connectivity index (χ0) is 15.3. The van der Waals surface area contributed by atoms with Crippen molar-refractivity contribution in [3.63, 3.8) is 0 Å². The molecule has 3 aliphatic rings. The van der Waals surface area contributed by atoms with Gasteiger partial charge < -0.3 is 10.0 Å². The van der Waals surface area contributed by atoms with E-state index in [2.05, 4.69) is 0 Å². The number of nitrogens with zero attached hydrogens (tertiary/aromatic N) is 2. The number of carboxylic acids is 1. The normalized spacial score (nSPS) is 35.0. The van der Waals surface area contributed by atoms with Gasteiger partial charge in [-0.3, -0.25) is 9.59 Å². The van der Waals surface area contributed by atoms with Crippen molar-refractivity contribution in [2.24, 2.45) is 11.3 Å². The Kier molecular flexibility index (Phi) is 3.48. The summed E-state index contributed by atoms with van der Waals surface area (Å²) in [5.74, 6) is -0.985. The number of hydrogen-bond donors (Lipinski definition) is 1. The summed E-state index contributed by atoms with van der Waals surface area (Å²) in [6.07, 6.45) is 2.88. The molecule has 0 bridgehead atoms. The van der Waals surface area contributed by atoms with Crippen LogP contribution in [0.1, 0.15) is 25.7 Å². The number of carboxylic acid groups (broad SMARTS) is 1. The second-order valence-corrected chi connectivity index (χ2v) is 8.42. The molecule has 1 saturated carbocycles. The van der Waals surface area contributed by atoms with Crippen LogP contribution in [0.2, 0.25) is 0 Å². The Morgan fingerprint density at radius 2 is 2.05 bits per heavy atom. The van der Waals surface area contributed by atoms with Crippen LogP contribution in [0.5, 0.6) is 0 Å². The van der Waals surface area contributed by atoms with E-state index in [9.17, 15) is 23.1 Å². The molecule has 1 amide bonds. The van der Waals surface area contributed by atoms with Gasteiger partial charge in [0.15, 0.2) is 0 Å². The standard InChI is InChI=1S/C13H20N2O5S/c16-11(8-15-5-2-6-21(15,19)20)14-7-10-3-1-4-13(10,9-14)12(17)18/h10H,1-9H2,(H,17,18)/t10-,13+/m0/s1. The van der Waals surface area contributed by atoms with Crippen molar-refractivity contribution in [1.29, 1.82) is 0 Å². The van der Waals surface area contributed by atoms with Crippen LogP contribution in [-0.4, -0.2) is 66.5 Å². The molecular weight excluding hydrogens is 296 g/mol. The van der Waals surface area contributed by atoms with Crippen molar-refractivity contribution < 1.29 is 23.1 Å². The summed E-state index contributed by atoms with van der Waals surface area (Å²) >= 11 is 0. The first-order valence-electron chi connectivity index (χ1n) is 7.34. The maximum absolute atomic E-state index is 12.3. The molecule has 8 heteroatoms. The Hall–Kier alpha value is -1.15. The fourth-order valence-corrected chi connectivity index (χ4v) is 5.42. The van der Waals surface area contributed by atoms with E-state index in [1.54, 1.807) is 4.90 Å². The number of carbonyl (C=O) groups excluding carboxylic acids is 1. The molecule has 2 aliphatic heterocycles. The van der Waals surface area contributed by atoms with Crippen LogP contribution >= 0.6 is 0 Å². The fraction of sp³-hybridized carbons (Fsp3) is 0.846. The van der Waals surface area contributed by atoms with Crippen LogP contribution in [0, 0.1) is 11.3 Å². The lowest BCUT2D eigenvalue weighted by Gasteiger charge is -2.24. The average molecular weight is 316 g/mol. The van der Waals surface area contributed by atoms with Gasteiger partial charge in [-0.1, -0.05) is 6.42 Å². The lowest BCUT2D eigenvalue weighted by atomic mass is 9.81. The number of rotatable bonds is 3. The number of likely N-dealkylation sites (tertiary alicyclic amines) is 1. The molecular formula is C13H20N2O5S. The molecule has 2 atom stereocenters. The zero-order valence-electron chi connectivity index (χ0n) is 11.8. The Morgan fingerprint density at radius 1 is 1.29 bits per heavy atom. The predicted octanol–water partition coefficient (Wildman–Crippen LogP) is -0.265. The second-order valence-electron chi connectivity index (χ2n) is 6.33. The highest BCUT2D eigenvalue weighted by Crippen LogP contribution is 2.48. The van der Waals surface area contributed by atoms with Gasteiger partial charge in [0.1, 0.15) is 0 Å². The molecule has 21 heavy (non-hydrogen) atoms. The zero-order valence-corrected chi connectivity index (χ0v) is 12.6. The summed E-state index contributed by atoms with van der Waals surface area (Å²) in [6, 6.07) is 0. The van der Waals surface area contributed by atoms with Crippen molar-refractivity contribution in [1.82, 2.24) is 9.21 Å². The topological polar surface area (TPSA) is 95.0 Å². The number of sulfonamides is 1. The Morgan fingerprint density at radius 3 is 2.62 bits per heavy atom. The molecule has 3 fully saturated rings. The van der Waals surface area contributed by atoms with E-state index in [1.165, 1.54) is 4.31 Å². The molecule has 0 aromatic carbocycles. The number of carbonyl (C=O) groups is 2. The summed E-state index contributed by atoms with van der Waals surface area (Å²) in [5, 5.41) is 9.50. The van der Waals surface area contributed by atoms with Gasteiger partial charge in [-0.15, -0.1) is 0 Å². The Bertz CT molecular complexity index is 575. The maximum atomic E-state index is 12.3. The van der Waals surface area contributed by atoms with Crippen molar-refractivity contribution in [3.8, 4) is 0 Å². The van der Waals surface area contributed by atoms with E-state index in [0.717, 1.165) is 12.8 Å². The van der Waals surface area contributed by atoms with Crippen LogP contribution in [0.3, 0.4) is 0 Å². The highest BCUT2D eigenvalue weighted by Gasteiger charge is 2.55. The molecule has 3 rings (SSSR count). The van der Waals surface area contributed by atoms with Gasteiger partial charge in [-0.2, -0.15) is 4.31 Å². The first kappa shape index (κ1) is 14.8. The van der Waals surface area contributed by atoms with Crippen molar-refractivity contribution >= 4 is 21.9 Å². The van der Waals surface area contributed by atoms with E-state index in [-0.39, 0.29) is 30.7 Å². The summed E-state index contributed by atoms with van der Waals surface area (Å²) in [4.78, 5) is 25.4. The monoisotopic (exact) mass is 316 g/mol. The highest BCUT2D eigenvalue weighted by atomic mass is 32.2. The quantitative estimate of drug-likeness (QED) is 0.774. The summed E-state index contributed by atoms with van der Waals surface area (Å²) < 4.78 is 24.7. The lowest BCUT2D eigenvalue weighted by Crippen LogP contribution is -2.42. The van der Waals surface area contributed by atoms with Crippen LogP contribution in [-0.2, 0) is 19.6 Å². The Balaban J connectivity index is 1.69. The van der Waals surface area contributed by atoms with Gasteiger partial charge in [-0.05, 0) is 25.2 Å². The second kappa shape index (κ2) is 4.95. The third-order valence-electron chi connectivity index (χ3n) is 5.16. The van der Waals surface area contributed by atoms with Crippen LogP contribution in [0.4, 0.5) is 0 Å². The summed E-state index contributed by atoms with van der Waals surface area (Å²) in [7, 11) is -3.29. The SMILES string of the molecule is O=C(CN1CCCS1(=O)=O)N1C[C@@H]2CCC[C@@]2(C(=O)O)C1. The van der Waals surface area contributed by atoms with Gasteiger partial charge in [0.05, 0.1) is 17.7 Å². The molecule has 7 nitrogen and oxygen atoms in total. The Labute approximate surface area is 123 Å². The first-order valence-corrected chi connectivity index (χ1v) is 8.95. The average Bonchev–Trinajstić information content (AvgIpc) is 3.02.